The van der Waals surface area contributed by atoms with Crippen molar-refractivity contribution in [2.45, 2.75) is 38.3 Å². The van der Waals surface area contributed by atoms with E-state index in [9.17, 15) is 5.26 Å². The van der Waals surface area contributed by atoms with Gasteiger partial charge in [0.05, 0.1) is 19.3 Å². The normalized spacial score (nSPS) is 17.2. The molecule has 0 aliphatic heterocycles. The summed E-state index contributed by atoms with van der Waals surface area (Å²) in [4.78, 5) is 0. The second-order valence-electron chi connectivity index (χ2n) is 5.87. The van der Waals surface area contributed by atoms with E-state index in [0.29, 0.717) is 25.7 Å². The van der Waals surface area contributed by atoms with Crippen molar-refractivity contribution in [3.05, 3.63) is 30.3 Å². The Labute approximate surface area is 127 Å². The molecule has 1 fully saturated rings. The minimum Gasteiger partial charge on any atom is -0.491 e. The molecule has 1 aromatic rings. The molecule has 114 valence electrons. The van der Waals surface area contributed by atoms with Crippen LogP contribution in [0.4, 0.5) is 0 Å². The third-order valence-corrected chi connectivity index (χ3v) is 3.59. The van der Waals surface area contributed by atoms with Gasteiger partial charge in [-0.3, -0.25) is 5.32 Å². The first-order valence-corrected chi connectivity index (χ1v) is 7.61. The van der Waals surface area contributed by atoms with Gasteiger partial charge < -0.3 is 9.47 Å². The predicted octanol–water partition coefficient (Wildman–Crippen LogP) is 2.75. The van der Waals surface area contributed by atoms with Gasteiger partial charge in [0.2, 0.25) is 0 Å². The Morgan fingerprint density at radius 3 is 2.57 bits per heavy atom. The van der Waals surface area contributed by atoms with Crippen LogP contribution in [0, 0.1) is 17.2 Å². The highest BCUT2D eigenvalue weighted by atomic mass is 16.5. The van der Waals surface area contributed by atoms with Gasteiger partial charge in [0.1, 0.15) is 17.9 Å². The minimum atomic E-state index is -0.541. The molecule has 1 N–H and O–H groups in total. The highest BCUT2D eigenvalue weighted by molar-refractivity contribution is 5.20. The van der Waals surface area contributed by atoms with Crippen LogP contribution in [0.25, 0.3) is 0 Å². The van der Waals surface area contributed by atoms with Crippen LogP contribution in [0.5, 0.6) is 5.75 Å². The molecule has 1 atom stereocenters. The molecule has 4 nitrogen and oxygen atoms in total. The highest BCUT2D eigenvalue weighted by Crippen LogP contribution is 2.40. The molecule has 0 saturated heterocycles. The van der Waals surface area contributed by atoms with Gasteiger partial charge in [-0.15, -0.1) is 0 Å². The quantitative estimate of drug-likeness (QED) is 0.710. The lowest BCUT2D eigenvalue weighted by molar-refractivity contribution is 0.0571. The zero-order valence-corrected chi connectivity index (χ0v) is 12.8. The van der Waals surface area contributed by atoms with Gasteiger partial charge in [-0.25, -0.2) is 0 Å². The molecule has 1 aromatic carbocycles. The Hall–Kier alpha value is -1.57. The average Bonchev–Trinajstić information content (AvgIpc) is 3.31. The summed E-state index contributed by atoms with van der Waals surface area (Å²) in [6.07, 6.45) is 2.22. The van der Waals surface area contributed by atoms with Crippen LogP contribution in [0.3, 0.4) is 0 Å². The van der Waals surface area contributed by atoms with Crippen LogP contribution in [-0.4, -0.2) is 31.4 Å². The lowest BCUT2D eigenvalue weighted by Crippen LogP contribution is -2.53. The number of nitrogens with zero attached hydrogens (tertiary/aromatic N) is 1. The lowest BCUT2D eigenvalue weighted by Gasteiger charge is -2.30. The molecule has 0 spiro atoms. The maximum atomic E-state index is 9.55. The van der Waals surface area contributed by atoms with Crippen molar-refractivity contribution in [2.75, 3.05) is 19.8 Å². The van der Waals surface area contributed by atoms with Crippen LogP contribution in [0.15, 0.2) is 30.3 Å². The summed E-state index contributed by atoms with van der Waals surface area (Å²) in [6.45, 7) is 5.53. The molecule has 0 aromatic heterocycles. The number of rotatable bonds is 9. The molecule has 2 rings (SSSR count). The summed E-state index contributed by atoms with van der Waals surface area (Å²) >= 11 is 0. The van der Waals surface area contributed by atoms with E-state index in [1.165, 1.54) is 0 Å². The van der Waals surface area contributed by atoms with Crippen LogP contribution < -0.4 is 10.1 Å². The molecule has 1 aliphatic carbocycles. The first kappa shape index (κ1) is 15.8. The van der Waals surface area contributed by atoms with Crippen molar-refractivity contribution < 1.29 is 9.47 Å². The number of hydrogen-bond donors (Lipinski definition) is 1. The van der Waals surface area contributed by atoms with E-state index in [1.807, 2.05) is 30.3 Å². The van der Waals surface area contributed by atoms with Gasteiger partial charge in [-0.2, -0.15) is 5.26 Å². The van der Waals surface area contributed by atoms with Gasteiger partial charge >= 0.3 is 0 Å². The van der Waals surface area contributed by atoms with E-state index in [0.717, 1.165) is 18.6 Å². The number of para-hydroxylation sites is 1. The Balaban J connectivity index is 1.74. The summed E-state index contributed by atoms with van der Waals surface area (Å²) in [6, 6.07) is 12.4. The van der Waals surface area contributed by atoms with E-state index in [-0.39, 0.29) is 6.04 Å². The smallest absolute Gasteiger partial charge is 0.133 e. The summed E-state index contributed by atoms with van der Waals surface area (Å²) in [7, 11) is 0. The molecule has 4 heteroatoms. The number of benzene rings is 1. The molecule has 0 bridgehead atoms. The number of ether oxygens (including phenoxy) is 2. The predicted molar refractivity (Wildman–Crippen MR) is 82.1 cm³/mol. The molecule has 21 heavy (non-hydrogen) atoms. The zero-order chi connectivity index (χ0) is 15.1. The van der Waals surface area contributed by atoms with Crippen LogP contribution >= 0.6 is 0 Å². The van der Waals surface area contributed by atoms with Gasteiger partial charge in [-0.05, 0) is 44.7 Å². The first-order chi connectivity index (χ1) is 10.2. The molecule has 1 saturated carbocycles. The minimum absolute atomic E-state index is 0.273. The highest BCUT2D eigenvalue weighted by Gasteiger charge is 2.46. The second kappa shape index (κ2) is 7.44. The molecule has 0 amide bonds. The van der Waals surface area contributed by atoms with Crippen molar-refractivity contribution in [1.29, 1.82) is 5.26 Å². The maximum Gasteiger partial charge on any atom is 0.133 e. The fourth-order valence-corrected chi connectivity index (χ4v) is 2.49. The van der Waals surface area contributed by atoms with Crippen molar-refractivity contribution in [3.63, 3.8) is 0 Å². The van der Waals surface area contributed by atoms with E-state index in [1.54, 1.807) is 0 Å². The van der Waals surface area contributed by atoms with Gasteiger partial charge in [-0.1, -0.05) is 18.2 Å². The average molecular weight is 288 g/mol. The molecular weight excluding hydrogens is 264 g/mol. The van der Waals surface area contributed by atoms with Crippen LogP contribution in [-0.2, 0) is 4.74 Å². The Morgan fingerprint density at radius 2 is 2.00 bits per heavy atom. The van der Waals surface area contributed by atoms with E-state index < -0.39 is 5.54 Å². The van der Waals surface area contributed by atoms with Crippen molar-refractivity contribution in [1.82, 2.24) is 5.32 Å². The van der Waals surface area contributed by atoms with Crippen molar-refractivity contribution in [2.24, 2.45) is 5.92 Å². The van der Waals surface area contributed by atoms with Crippen LogP contribution in [0.1, 0.15) is 26.7 Å². The first-order valence-electron chi connectivity index (χ1n) is 7.61. The van der Waals surface area contributed by atoms with Crippen molar-refractivity contribution >= 4 is 0 Å². The van der Waals surface area contributed by atoms with Gasteiger partial charge in [0, 0.05) is 6.04 Å². The Morgan fingerprint density at radius 1 is 1.29 bits per heavy atom. The molecule has 0 heterocycles. The Bertz CT molecular complexity index is 465. The van der Waals surface area contributed by atoms with Gasteiger partial charge in [0.25, 0.3) is 0 Å². The standard InChI is InChI=1S/C17H24N2O2/c1-14(2)19-17(12-18,15-8-9-15)13-20-10-11-21-16-6-4-3-5-7-16/h3-7,14-15,19H,8-11,13H2,1-2H3. The topological polar surface area (TPSA) is 54.3 Å². The summed E-state index contributed by atoms with van der Waals surface area (Å²) in [5.41, 5.74) is -0.541. The van der Waals surface area contributed by atoms with Gasteiger partial charge in [0.15, 0.2) is 0 Å². The van der Waals surface area contributed by atoms with Crippen molar-refractivity contribution in [3.8, 4) is 11.8 Å². The lowest BCUT2D eigenvalue weighted by atomic mass is 9.95. The number of nitrogens with one attached hydrogen (secondary N) is 1. The summed E-state index contributed by atoms with van der Waals surface area (Å²) in [5.74, 6) is 1.26. The molecule has 1 aliphatic rings. The number of nitriles is 1. The Kier molecular flexibility index (Phi) is 5.60. The summed E-state index contributed by atoms with van der Waals surface area (Å²) in [5, 5.41) is 12.9. The third kappa shape index (κ3) is 4.73. The second-order valence-corrected chi connectivity index (χ2v) is 5.87. The van der Waals surface area contributed by atoms with Crippen LogP contribution in [0.2, 0.25) is 0 Å². The molecule has 0 radical (unpaired) electrons. The van der Waals surface area contributed by atoms with E-state index >= 15 is 0 Å². The largest absolute Gasteiger partial charge is 0.491 e. The fourth-order valence-electron chi connectivity index (χ4n) is 2.49. The zero-order valence-electron chi connectivity index (χ0n) is 12.8. The van der Waals surface area contributed by atoms with E-state index in [2.05, 4.69) is 25.2 Å². The molecular formula is C17H24N2O2. The maximum absolute atomic E-state index is 9.55. The fraction of sp³-hybridized carbons (Fsp3) is 0.588. The van der Waals surface area contributed by atoms with E-state index in [4.69, 9.17) is 9.47 Å². The molecule has 1 unspecified atom stereocenters. The third-order valence-electron chi connectivity index (χ3n) is 3.59. The summed E-state index contributed by atoms with van der Waals surface area (Å²) < 4.78 is 11.3. The number of hydrogen-bond acceptors (Lipinski definition) is 4. The SMILES string of the molecule is CC(C)NC(C#N)(COCCOc1ccccc1)C1CC1. The monoisotopic (exact) mass is 288 g/mol.